The zero-order valence-corrected chi connectivity index (χ0v) is 15.4. The number of amides is 3. The molecule has 0 fully saturated rings. The first kappa shape index (κ1) is 17.8. The van der Waals surface area contributed by atoms with Gasteiger partial charge in [-0.15, -0.1) is 11.3 Å². The van der Waals surface area contributed by atoms with Crippen molar-refractivity contribution in [3.8, 4) is 11.5 Å². The number of benzene rings is 1. The third-order valence-electron chi connectivity index (χ3n) is 4.00. The quantitative estimate of drug-likeness (QED) is 0.752. The Morgan fingerprint density at radius 2 is 2.04 bits per heavy atom. The molecule has 26 heavy (non-hydrogen) atoms. The molecule has 7 nitrogen and oxygen atoms in total. The number of hydrogen-bond donors (Lipinski definition) is 3. The molecule has 0 bridgehead atoms. The zero-order chi connectivity index (χ0) is 18.7. The summed E-state index contributed by atoms with van der Waals surface area (Å²) in [7, 11) is 3.08. The minimum atomic E-state index is -0.506. The molecule has 3 N–H and O–H groups in total. The molecule has 2 aromatic rings. The molecular formula is C18H19N3O4S. The molecule has 0 spiro atoms. The van der Waals surface area contributed by atoms with E-state index < -0.39 is 6.04 Å². The monoisotopic (exact) mass is 373 g/mol. The normalized spacial score (nSPS) is 16.6. The van der Waals surface area contributed by atoms with Crippen LogP contribution in [0.4, 0.5) is 10.5 Å². The van der Waals surface area contributed by atoms with Crippen LogP contribution in [0.1, 0.15) is 17.8 Å². The highest BCUT2D eigenvalue weighted by molar-refractivity contribution is 7.10. The van der Waals surface area contributed by atoms with Crippen LogP contribution in [0.3, 0.4) is 0 Å². The second-order valence-electron chi connectivity index (χ2n) is 5.61. The zero-order valence-electron chi connectivity index (χ0n) is 14.6. The second-order valence-corrected chi connectivity index (χ2v) is 6.59. The van der Waals surface area contributed by atoms with Gasteiger partial charge in [-0.1, -0.05) is 6.07 Å². The van der Waals surface area contributed by atoms with E-state index in [9.17, 15) is 9.59 Å². The highest BCUT2D eigenvalue weighted by atomic mass is 32.1. The predicted octanol–water partition coefficient (Wildman–Crippen LogP) is 3.03. The lowest BCUT2D eigenvalue weighted by molar-refractivity contribution is -0.113. The van der Waals surface area contributed by atoms with Gasteiger partial charge in [0.2, 0.25) is 0 Å². The number of allylic oxidation sites excluding steroid dienone is 1. The Labute approximate surface area is 155 Å². The van der Waals surface area contributed by atoms with Crippen LogP contribution in [0.15, 0.2) is 47.0 Å². The summed E-state index contributed by atoms with van der Waals surface area (Å²) in [5.74, 6) is 0.784. The van der Waals surface area contributed by atoms with Crippen molar-refractivity contribution in [2.24, 2.45) is 0 Å². The van der Waals surface area contributed by atoms with Gasteiger partial charge in [0.15, 0.2) is 0 Å². The number of methoxy groups -OCH3 is 2. The molecule has 1 atom stereocenters. The summed E-state index contributed by atoms with van der Waals surface area (Å²) < 4.78 is 10.5. The summed E-state index contributed by atoms with van der Waals surface area (Å²) in [4.78, 5) is 25.7. The molecule has 3 rings (SSSR count). The van der Waals surface area contributed by atoms with E-state index in [1.54, 1.807) is 32.2 Å². The van der Waals surface area contributed by atoms with Crippen molar-refractivity contribution in [3.05, 3.63) is 51.9 Å². The first-order chi connectivity index (χ1) is 12.5. The summed E-state index contributed by atoms with van der Waals surface area (Å²) in [5.41, 5.74) is 1.47. The van der Waals surface area contributed by atoms with Gasteiger partial charge in [0, 0.05) is 16.6 Å². The third kappa shape index (κ3) is 3.50. The number of thiophene rings is 1. The van der Waals surface area contributed by atoms with Crippen molar-refractivity contribution in [3.63, 3.8) is 0 Å². The van der Waals surface area contributed by atoms with Gasteiger partial charge in [-0.05, 0) is 30.5 Å². The van der Waals surface area contributed by atoms with Crippen LogP contribution in [0.2, 0.25) is 0 Å². The van der Waals surface area contributed by atoms with E-state index in [-0.39, 0.29) is 11.9 Å². The maximum Gasteiger partial charge on any atom is 0.319 e. The summed E-state index contributed by atoms with van der Waals surface area (Å²) in [6, 6.07) is 8.06. The molecule has 1 aliphatic rings. The molecule has 1 aromatic carbocycles. The maximum absolute atomic E-state index is 13.0. The average Bonchev–Trinajstić information content (AvgIpc) is 3.15. The van der Waals surface area contributed by atoms with E-state index in [0.29, 0.717) is 28.5 Å². The second kappa shape index (κ2) is 7.49. The Bertz CT molecular complexity index is 861. The van der Waals surface area contributed by atoms with Crippen LogP contribution in [-0.4, -0.2) is 26.2 Å². The summed E-state index contributed by atoms with van der Waals surface area (Å²) in [6.45, 7) is 1.71. The molecular weight excluding hydrogens is 354 g/mol. The van der Waals surface area contributed by atoms with Crippen molar-refractivity contribution >= 4 is 29.0 Å². The van der Waals surface area contributed by atoms with Gasteiger partial charge in [-0.2, -0.15) is 0 Å². The molecule has 0 saturated heterocycles. The van der Waals surface area contributed by atoms with Crippen LogP contribution in [0.25, 0.3) is 0 Å². The topological polar surface area (TPSA) is 88.7 Å². The number of rotatable bonds is 5. The lowest BCUT2D eigenvalue weighted by Gasteiger charge is -2.27. The SMILES string of the molecule is COc1ccc(NC(=O)C2=C(C)NC(=O)N[C@H]2c2cccs2)c(OC)c1. The average molecular weight is 373 g/mol. The van der Waals surface area contributed by atoms with Crippen molar-refractivity contribution in [1.29, 1.82) is 0 Å². The minimum absolute atomic E-state index is 0.322. The largest absolute Gasteiger partial charge is 0.497 e. The van der Waals surface area contributed by atoms with Gasteiger partial charge in [-0.25, -0.2) is 4.79 Å². The lowest BCUT2D eigenvalue weighted by atomic mass is 10.0. The summed E-state index contributed by atoms with van der Waals surface area (Å²) >= 11 is 1.48. The van der Waals surface area contributed by atoms with Crippen LogP contribution < -0.4 is 25.4 Å². The minimum Gasteiger partial charge on any atom is -0.497 e. The van der Waals surface area contributed by atoms with Gasteiger partial charge in [0.1, 0.15) is 11.5 Å². The fourth-order valence-electron chi connectivity index (χ4n) is 2.76. The van der Waals surface area contributed by atoms with Crippen LogP contribution >= 0.6 is 11.3 Å². The molecule has 1 aromatic heterocycles. The number of hydrogen-bond acceptors (Lipinski definition) is 5. The van der Waals surface area contributed by atoms with E-state index >= 15 is 0 Å². The van der Waals surface area contributed by atoms with E-state index in [4.69, 9.17) is 9.47 Å². The Morgan fingerprint density at radius 1 is 1.23 bits per heavy atom. The van der Waals surface area contributed by atoms with Crippen molar-refractivity contribution in [2.75, 3.05) is 19.5 Å². The van der Waals surface area contributed by atoms with Crippen LogP contribution in [0, 0.1) is 0 Å². The molecule has 0 saturated carbocycles. The molecule has 8 heteroatoms. The Balaban J connectivity index is 1.92. The molecule has 1 aliphatic heterocycles. The smallest absolute Gasteiger partial charge is 0.319 e. The van der Waals surface area contributed by atoms with Crippen molar-refractivity contribution in [1.82, 2.24) is 10.6 Å². The standard InChI is InChI=1S/C18H19N3O4S/c1-10-15(16(21-18(23)19-10)14-5-4-8-26-14)17(22)20-12-7-6-11(24-2)9-13(12)25-3/h4-9,16H,1-3H3,(H,20,22)(H2,19,21,23)/t16-/m0/s1. The predicted molar refractivity (Wildman–Crippen MR) is 99.6 cm³/mol. The van der Waals surface area contributed by atoms with Gasteiger partial charge in [-0.3, -0.25) is 4.79 Å². The number of carbonyl (C=O) groups is 2. The van der Waals surface area contributed by atoms with Crippen LogP contribution in [-0.2, 0) is 4.79 Å². The molecule has 2 heterocycles. The van der Waals surface area contributed by atoms with Crippen molar-refractivity contribution < 1.29 is 19.1 Å². The molecule has 0 aliphatic carbocycles. The van der Waals surface area contributed by atoms with Gasteiger partial charge < -0.3 is 25.4 Å². The fourth-order valence-corrected chi connectivity index (χ4v) is 3.54. The first-order valence-corrected chi connectivity index (χ1v) is 8.76. The Morgan fingerprint density at radius 3 is 2.69 bits per heavy atom. The summed E-state index contributed by atoms with van der Waals surface area (Å²) in [5, 5.41) is 10.2. The number of carbonyl (C=O) groups excluding carboxylic acids is 2. The van der Waals surface area contributed by atoms with Gasteiger partial charge in [0.05, 0.1) is 31.5 Å². The molecule has 3 amide bonds. The first-order valence-electron chi connectivity index (χ1n) is 7.88. The van der Waals surface area contributed by atoms with E-state index in [1.807, 2.05) is 17.5 Å². The van der Waals surface area contributed by atoms with E-state index in [1.165, 1.54) is 18.4 Å². The van der Waals surface area contributed by atoms with E-state index in [2.05, 4.69) is 16.0 Å². The molecule has 0 radical (unpaired) electrons. The number of urea groups is 1. The van der Waals surface area contributed by atoms with E-state index in [0.717, 1.165) is 4.88 Å². The Kier molecular flexibility index (Phi) is 5.13. The van der Waals surface area contributed by atoms with Crippen molar-refractivity contribution in [2.45, 2.75) is 13.0 Å². The molecule has 136 valence electrons. The highest BCUT2D eigenvalue weighted by Gasteiger charge is 2.32. The Hall–Kier alpha value is -3.00. The summed E-state index contributed by atoms with van der Waals surface area (Å²) in [6.07, 6.45) is 0. The number of nitrogens with one attached hydrogen (secondary N) is 3. The van der Waals surface area contributed by atoms with Gasteiger partial charge in [0.25, 0.3) is 5.91 Å². The van der Waals surface area contributed by atoms with Crippen LogP contribution in [0.5, 0.6) is 11.5 Å². The number of ether oxygens (including phenoxy) is 2. The highest BCUT2D eigenvalue weighted by Crippen LogP contribution is 2.33. The maximum atomic E-state index is 13.0. The number of anilines is 1. The third-order valence-corrected chi connectivity index (χ3v) is 4.94. The van der Waals surface area contributed by atoms with Gasteiger partial charge >= 0.3 is 6.03 Å². The lowest BCUT2D eigenvalue weighted by Crippen LogP contribution is -2.45. The molecule has 0 unspecified atom stereocenters. The fraction of sp³-hybridized carbons (Fsp3) is 0.222.